The lowest BCUT2D eigenvalue weighted by molar-refractivity contribution is -0.111. The van der Waals surface area contributed by atoms with E-state index < -0.39 is 0 Å². The Morgan fingerprint density at radius 3 is 2.23 bits per heavy atom. The lowest BCUT2D eigenvalue weighted by atomic mass is 10.0. The zero-order valence-corrected chi connectivity index (χ0v) is 15.0. The first kappa shape index (κ1) is 17.8. The Balaban J connectivity index is 1.96. The van der Waals surface area contributed by atoms with E-state index in [4.69, 9.17) is 16.3 Å². The van der Waals surface area contributed by atoms with Crippen molar-refractivity contribution in [3.05, 3.63) is 95.0 Å². The van der Waals surface area contributed by atoms with Gasteiger partial charge in [0, 0.05) is 5.57 Å². The number of para-hydroxylation sites is 1. The number of hydrogen-bond acceptors (Lipinski definition) is 2. The van der Waals surface area contributed by atoms with Crippen molar-refractivity contribution in [1.82, 2.24) is 0 Å². The van der Waals surface area contributed by atoms with E-state index in [0.717, 1.165) is 16.9 Å². The predicted octanol–water partition coefficient (Wildman–Crippen LogP) is 5.53. The van der Waals surface area contributed by atoms with E-state index in [2.05, 4.69) is 5.32 Å². The molecule has 3 rings (SSSR count). The van der Waals surface area contributed by atoms with Gasteiger partial charge in [-0.2, -0.15) is 0 Å². The summed E-state index contributed by atoms with van der Waals surface area (Å²) in [5.41, 5.74) is 2.86. The zero-order chi connectivity index (χ0) is 18.4. The third-order valence-corrected chi connectivity index (χ3v) is 4.21. The van der Waals surface area contributed by atoms with E-state index in [-0.39, 0.29) is 5.91 Å². The van der Waals surface area contributed by atoms with Gasteiger partial charge in [0.1, 0.15) is 5.75 Å². The number of carbonyl (C=O) groups excluding carboxylic acids is 1. The molecule has 0 saturated carbocycles. The third-order valence-electron chi connectivity index (χ3n) is 3.88. The van der Waals surface area contributed by atoms with Gasteiger partial charge in [-0.3, -0.25) is 4.79 Å². The van der Waals surface area contributed by atoms with Crippen molar-refractivity contribution in [2.45, 2.75) is 0 Å². The highest BCUT2D eigenvalue weighted by Crippen LogP contribution is 2.25. The van der Waals surface area contributed by atoms with Crippen molar-refractivity contribution in [1.29, 1.82) is 0 Å². The van der Waals surface area contributed by atoms with Gasteiger partial charge in [-0.15, -0.1) is 0 Å². The molecule has 3 aromatic carbocycles. The maximum atomic E-state index is 12.9. The first-order valence-corrected chi connectivity index (χ1v) is 8.52. The molecular formula is C22H18ClNO2. The molecule has 4 heteroatoms. The Bertz CT molecular complexity index is 918. The summed E-state index contributed by atoms with van der Waals surface area (Å²) in [5, 5.41) is 3.39. The number of rotatable bonds is 5. The van der Waals surface area contributed by atoms with Gasteiger partial charge >= 0.3 is 0 Å². The van der Waals surface area contributed by atoms with E-state index in [1.165, 1.54) is 0 Å². The van der Waals surface area contributed by atoms with Gasteiger partial charge in [-0.1, -0.05) is 66.2 Å². The fourth-order valence-corrected chi connectivity index (χ4v) is 2.70. The zero-order valence-electron chi connectivity index (χ0n) is 14.3. The number of hydrogen-bond donors (Lipinski definition) is 1. The van der Waals surface area contributed by atoms with Crippen molar-refractivity contribution in [2.75, 3.05) is 12.4 Å². The van der Waals surface area contributed by atoms with Gasteiger partial charge in [-0.25, -0.2) is 0 Å². The van der Waals surface area contributed by atoms with Gasteiger partial charge in [0.05, 0.1) is 17.8 Å². The molecule has 1 amide bonds. The molecule has 130 valence electrons. The summed E-state index contributed by atoms with van der Waals surface area (Å²) in [6.45, 7) is 0. The van der Waals surface area contributed by atoms with E-state index in [0.29, 0.717) is 16.3 Å². The van der Waals surface area contributed by atoms with Crippen molar-refractivity contribution in [2.24, 2.45) is 0 Å². The lowest BCUT2D eigenvalue weighted by Crippen LogP contribution is -2.14. The number of halogens is 1. The van der Waals surface area contributed by atoms with Crippen LogP contribution in [0, 0.1) is 0 Å². The molecule has 0 heterocycles. The van der Waals surface area contributed by atoms with Crippen LogP contribution in [0.4, 0.5) is 5.69 Å². The quantitative estimate of drug-likeness (QED) is 0.478. The highest BCUT2D eigenvalue weighted by Gasteiger charge is 2.13. The number of methoxy groups -OCH3 is 1. The highest BCUT2D eigenvalue weighted by atomic mass is 35.5. The Labute approximate surface area is 157 Å². The fraction of sp³-hybridized carbons (Fsp3) is 0.0455. The molecule has 0 bridgehead atoms. The topological polar surface area (TPSA) is 38.3 Å². The summed E-state index contributed by atoms with van der Waals surface area (Å²) < 4.78 is 5.18. The maximum absolute atomic E-state index is 12.9. The summed E-state index contributed by atoms with van der Waals surface area (Å²) in [6, 6.07) is 24.2. The molecular weight excluding hydrogens is 346 g/mol. The van der Waals surface area contributed by atoms with Gasteiger partial charge in [0.25, 0.3) is 5.91 Å². The monoisotopic (exact) mass is 363 g/mol. The van der Waals surface area contributed by atoms with Crippen LogP contribution in [0.1, 0.15) is 11.1 Å². The van der Waals surface area contributed by atoms with E-state index >= 15 is 0 Å². The van der Waals surface area contributed by atoms with E-state index in [1.807, 2.05) is 72.8 Å². The molecule has 0 aliphatic carbocycles. The van der Waals surface area contributed by atoms with Crippen LogP contribution in [-0.4, -0.2) is 13.0 Å². The highest BCUT2D eigenvalue weighted by molar-refractivity contribution is 6.35. The number of benzene rings is 3. The Hall–Kier alpha value is -3.04. The molecule has 1 N–H and O–H groups in total. The van der Waals surface area contributed by atoms with Gasteiger partial charge in [-0.05, 0) is 41.5 Å². The standard InChI is InChI=1S/C22H18ClNO2/c1-26-18-13-11-16(12-14-18)15-19(17-7-3-2-4-8-17)22(25)24-21-10-6-5-9-20(21)23/h2-15H,1H3,(H,24,25)/b19-15+. The molecule has 0 fully saturated rings. The van der Waals surface area contributed by atoms with E-state index in [1.54, 1.807) is 19.2 Å². The van der Waals surface area contributed by atoms with Crippen molar-refractivity contribution in [3.63, 3.8) is 0 Å². The molecule has 26 heavy (non-hydrogen) atoms. The summed E-state index contributed by atoms with van der Waals surface area (Å²) in [7, 11) is 1.62. The second-order valence-corrected chi connectivity index (χ2v) is 6.04. The molecule has 0 radical (unpaired) electrons. The minimum absolute atomic E-state index is 0.222. The molecule has 0 atom stereocenters. The largest absolute Gasteiger partial charge is 0.497 e. The molecule has 3 nitrogen and oxygen atoms in total. The number of carbonyl (C=O) groups is 1. The number of ether oxygens (including phenoxy) is 1. The average molecular weight is 364 g/mol. The second kappa shape index (κ2) is 8.37. The molecule has 0 aromatic heterocycles. The van der Waals surface area contributed by atoms with Gasteiger partial charge < -0.3 is 10.1 Å². The first-order valence-electron chi connectivity index (χ1n) is 8.14. The Morgan fingerprint density at radius 1 is 0.923 bits per heavy atom. The van der Waals surface area contributed by atoms with Crippen molar-refractivity contribution < 1.29 is 9.53 Å². The number of amides is 1. The Morgan fingerprint density at radius 2 is 1.58 bits per heavy atom. The van der Waals surface area contributed by atoms with Crippen LogP contribution in [0.3, 0.4) is 0 Å². The number of nitrogens with one attached hydrogen (secondary N) is 1. The van der Waals surface area contributed by atoms with Crippen LogP contribution in [-0.2, 0) is 4.79 Å². The second-order valence-electron chi connectivity index (χ2n) is 5.63. The van der Waals surface area contributed by atoms with E-state index in [9.17, 15) is 4.79 Å². The fourth-order valence-electron chi connectivity index (χ4n) is 2.52. The van der Waals surface area contributed by atoms with Gasteiger partial charge in [0.15, 0.2) is 0 Å². The van der Waals surface area contributed by atoms with Gasteiger partial charge in [0.2, 0.25) is 0 Å². The predicted molar refractivity (Wildman–Crippen MR) is 107 cm³/mol. The minimum atomic E-state index is -0.222. The first-order chi connectivity index (χ1) is 12.7. The molecule has 0 saturated heterocycles. The summed E-state index contributed by atoms with van der Waals surface area (Å²) >= 11 is 6.16. The molecule has 0 aliphatic heterocycles. The minimum Gasteiger partial charge on any atom is -0.497 e. The smallest absolute Gasteiger partial charge is 0.256 e. The van der Waals surface area contributed by atoms with Crippen LogP contribution >= 0.6 is 11.6 Å². The van der Waals surface area contributed by atoms with Crippen LogP contribution in [0.25, 0.3) is 11.6 Å². The summed E-state index contributed by atoms with van der Waals surface area (Å²) in [5.74, 6) is 0.545. The van der Waals surface area contributed by atoms with Crippen molar-refractivity contribution >= 4 is 34.8 Å². The molecule has 3 aromatic rings. The van der Waals surface area contributed by atoms with Crippen LogP contribution in [0.15, 0.2) is 78.9 Å². The lowest BCUT2D eigenvalue weighted by Gasteiger charge is -2.11. The van der Waals surface area contributed by atoms with Crippen LogP contribution in [0.5, 0.6) is 5.75 Å². The molecule has 0 spiro atoms. The Kier molecular flexibility index (Phi) is 5.72. The molecule has 0 unspecified atom stereocenters. The summed E-state index contributed by atoms with van der Waals surface area (Å²) in [6.07, 6.45) is 1.85. The molecule has 0 aliphatic rings. The normalized spacial score (nSPS) is 11.1. The van der Waals surface area contributed by atoms with Crippen LogP contribution in [0.2, 0.25) is 5.02 Å². The third kappa shape index (κ3) is 4.32. The average Bonchev–Trinajstić information content (AvgIpc) is 2.69. The summed E-state index contributed by atoms with van der Waals surface area (Å²) in [4.78, 5) is 12.9. The maximum Gasteiger partial charge on any atom is 0.256 e. The SMILES string of the molecule is COc1ccc(/C=C(/C(=O)Nc2ccccc2Cl)c2ccccc2)cc1. The number of anilines is 1. The van der Waals surface area contributed by atoms with Crippen LogP contribution < -0.4 is 10.1 Å². The van der Waals surface area contributed by atoms with Crippen molar-refractivity contribution in [3.8, 4) is 5.75 Å².